The first-order valence-corrected chi connectivity index (χ1v) is 6.06. The van der Waals surface area contributed by atoms with Gasteiger partial charge in [0.05, 0.1) is 0 Å². The minimum atomic E-state index is 0.498. The molecule has 3 heteroatoms. The second-order valence-corrected chi connectivity index (χ2v) is 4.66. The number of halogens is 1. The van der Waals surface area contributed by atoms with Gasteiger partial charge in [-0.2, -0.15) is 0 Å². The predicted octanol–water partition coefficient (Wildman–Crippen LogP) is 4.79. The van der Waals surface area contributed by atoms with Crippen molar-refractivity contribution in [3.8, 4) is 0 Å². The van der Waals surface area contributed by atoms with Crippen LogP contribution in [0.4, 0.5) is 0 Å². The molecular weight excluding hydrogens is 246 g/mol. The molecule has 0 saturated heterocycles. The monoisotopic (exact) mass is 253 g/mol. The van der Waals surface area contributed by atoms with Crippen LogP contribution in [0.15, 0.2) is 53.1 Å². The van der Waals surface area contributed by atoms with Crippen LogP contribution in [-0.2, 0) is 0 Å². The molecule has 0 N–H and O–H groups in total. The van der Waals surface area contributed by atoms with Gasteiger partial charge in [0, 0.05) is 22.4 Å². The zero-order valence-electron chi connectivity index (χ0n) is 9.35. The molecule has 0 radical (unpaired) electrons. The minimum absolute atomic E-state index is 0.498. The summed E-state index contributed by atoms with van der Waals surface area (Å²) in [5.41, 5.74) is 1.77. The summed E-state index contributed by atoms with van der Waals surface area (Å²) in [6.07, 6.45) is 1.77. The highest BCUT2D eigenvalue weighted by Gasteiger charge is 2.09. The summed E-state index contributed by atoms with van der Waals surface area (Å²) in [5, 5.41) is 4.78. The summed E-state index contributed by atoms with van der Waals surface area (Å²) < 4.78 is 5.92. The van der Waals surface area contributed by atoms with Crippen LogP contribution in [0.1, 0.15) is 0 Å². The number of benzene rings is 2. The molecule has 0 amide bonds. The van der Waals surface area contributed by atoms with Crippen molar-refractivity contribution in [3.63, 3.8) is 0 Å². The zero-order chi connectivity index (χ0) is 12.1. The summed E-state index contributed by atoms with van der Waals surface area (Å²) >= 11 is 5.91. The van der Waals surface area contributed by atoms with Crippen LogP contribution in [0.5, 0.6) is 0 Å². The Hall–Kier alpha value is -2.06. The zero-order valence-corrected chi connectivity index (χ0v) is 10.1. The van der Waals surface area contributed by atoms with E-state index >= 15 is 0 Å². The Labute approximate surface area is 108 Å². The molecule has 2 nitrogen and oxygen atoms in total. The summed E-state index contributed by atoms with van der Waals surface area (Å²) in [6.45, 7) is 0. The number of hydrogen-bond donors (Lipinski definition) is 0. The number of pyridine rings is 1. The van der Waals surface area contributed by atoms with Crippen LogP contribution in [0.2, 0.25) is 5.15 Å². The van der Waals surface area contributed by atoms with E-state index in [2.05, 4.69) is 17.1 Å². The maximum Gasteiger partial charge on any atom is 0.144 e. The average Bonchev–Trinajstić information content (AvgIpc) is 2.77. The largest absolute Gasteiger partial charge is 0.455 e. The third kappa shape index (κ3) is 1.27. The van der Waals surface area contributed by atoms with Gasteiger partial charge in [-0.25, -0.2) is 4.98 Å². The Morgan fingerprint density at radius 1 is 0.944 bits per heavy atom. The molecule has 2 aromatic heterocycles. The molecule has 0 saturated carbocycles. The summed E-state index contributed by atoms with van der Waals surface area (Å²) in [6, 6.07) is 14.0. The van der Waals surface area contributed by atoms with E-state index in [0.29, 0.717) is 5.15 Å². The molecule has 0 atom stereocenters. The molecule has 0 aliphatic rings. The Bertz CT molecular complexity index is 895. The van der Waals surface area contributed by atoms with Crippen LogP contribution in [-0.4, -0.2) is 4.98 Å². The summed E-state index contributed by atoms with van der Waals surface area (Å²) in [4.78, 5) is 4.13. The number of fused-ring (bicyclic) bond motifs is 5. The van der Waals surface area contributed by atoms with E-state index in [4.69, 9.17) is 16.0 Å². The minimum Gasteiger partial charge on any atom is -0.455 e. The van der Waals surface area contributed by atoms with Crippen LogP contribution < -0.4 is 0 Å². The van der Waals surface area contributed by atoms with Gasteiger partial charge in [-0.3, -0.25) is 0 Å². The molecule has 2 heterocycles. The maximum absolute atomic E-state index is 5.92. The molecule has 2 aromatic carbocycles. The lowest BCUT2D eigenvalue weighted by Gasteiger charge is -1.98. The highest BCUT2D eigenvalue weighted by Crippen LogP contribution is 2.33. The molecule has 86 valence electrons. The third-order valence-corrected chi connectivity index (χ3v) is 3.42. The van der Waals surface area contributed by atoms with E-state index in [9.17, 15) is 0 Å². The fourth-order valence-electron chi connectivity index (χ4n) is 2.38. The molecule has 0 unspecified atom stereocenters. The quantitative estimate of drug-likeness (QED) is 0.421. The van der Waals surface area contributed by atoms with Gasteiger partial charge in [-0.1, -0.05) is 35.9 Å². The van der Waals surface area contributed by atoms with E-state index in [1.54, 1.807) is 6.20 Å². The Morgan fingerprint density at radius 3 is 2.78 bits per heavy atom. The average molecular weight is 254 g/mol. The van der Waals surface area contributed by atoms with Crippen molar-refractivity contribution in [2.75, 3.05) is 0 Å². The Balaban J connectivity index is 2.28. The van der Waals surface area contributed by atoms with E-state index in [1.165, 1.54) is 0 Å². The second kappa shape index (κ2) is 3.47. The molecule has 4 aromatic rings. The standard InChI is InChI=1S/C15H8ClNO/c16-14-7-9-5-6-11-10-3-1-2-4-13(10)18-15(11)12(9)8-17-14/h1-8H. The number of rotatable bonds is 0. The molecule has 0 aliphatic carbocycles. The van der Waals surface area contributed by atoms with Crippen molar-refractivity contribution >= 4 is 44.3 Å². The van der Waals surface area contributed by atoms with Gasteiger partial charge >= 0.3 is 0 Å². The van der Waals surface area contributed by atoms with Gasteiger partial charge in [0.25, 0.3) is 0 Å². The molecule has 4 rings (SSSR count). The number of para-hydroxylation sites is 1. The lowest BCUT2D eigenvalue weighted by atomic mass is 10.1. The van der Waals surface area contributed by atoms with Crippen molar-refractivity contribution in [1.29, 1.82) is 0 Å². The van der Waals surface area contributed by atoms with E-state index in [-0.39, 0.29) is 0 Å². The first-order chi connectivity index (χ1) is 8.83. The molecule has 18 heavy (non-hydrogen) atoms. The lowest BCUT2D eigenvalue weighted by molar-refractivity contribution is 0.672. The van der Waals surface area contributed by atoms with Gasteiger partial charge in [0.15, 0.2) is 0 Å². The van der Waals surface area contributed by atoms with E-state index in [1.807, 2.05) is 30.3 Å². The van der Waals surface area contributed by atoms with Crippen molar-refractivity contribution in [3.05, 3.63) is 53.8 Å². The van der Waals surface area contributed by atoms with Crippen molar-refractivity contribution < 1.29 is 4.42 Å². The molecule has 0 aliphatic heterocycles. The Morgan fingerprint density at radius 2 is 1.83 bits per heavy atom. The van der Waals surface area contributed by atoms with Crippen LogP contribution >= 0.6 is 11.6 Å². The van der Waals surface area contributed by atoms with Gasteiger partial charge < -0.3 is 4.42 Å². The number of aromatic nitrogens is 1. The van der Waals surface area contributed by atoms with Crippen LogP contribution in [0, 0.1) is 0 Å². The Kier molecular flexibility index (Phi) is 1.91. The highest BCUT2D eigenvalue weighted by atomic mass is 35.5. The predicted molar refractivity (Wildman–Crippen MR) is 74.0 cm³/mol. The van der Waals surface area contributed by atoms with E-state index < -0.39 is 0 Å². The molecule has 0 fully saturated rings. The first kappa shape index (κ1) is 9.92. The molecule has 0 spiro atoms. The number of hydrogen-bond acceptors (Lipinski definition) is 2. The lowest BCUT2D eigenvalue weighted by Crippen LogP contribution is -1.78. The topological polar surface area (TPSA) is 26.0 Å². The van der Waals surface area contributed by atoms with Gasteiger partial charge in [0.2, 0.25) is 0 Å². The highest BCUT2D eigenvalue weighted by molar-refractivity contribution is 6.30. The fourth-order valence-corrected chi connectivity index (χ4v) is 2.54. The third-order valence-electron chi connectivity index (χ3n) is 3.21. The van der Waals surface area contributed by atoms with Gasteiger partial charge in [0.1, 0.15) is 16.3 Å². The van der Waals surface area contributed by atoms with Crippen LogP contribution in [0.3, 0.4) is 0 Å². The van der Waals surface area contributed by atoms with Crippen molar-refractivity contribution in [2.24, 2.45) is 0 Å². The summed E-state index contributed by atoms with van der Waals surface area (Å²) in [5.74, 6) is 0. The van der Waals surface area contributed by atoms with Crippen molar-refractivity contribution in [2.45, 2.75) is 0 Å². The first-order valence-electron chi connectivity index (χ1n) is 5.68. The van der Waals surface area contributed by atoms with Crippen molar-refractivity contribution in [1.82, 2.24) is 4.98 Å². The fraction of sp³-hybridized carbons (Fsp3) is 0. The second-order valence-electron chi connectivity index (χ2n) is 4.27. The van der Waals surface area contributed by atoms with Crippen LogP contribution in [0.25, 0.3) is 32.7 Å². The molecule has 0 bridgehead atoms. The normalized spacial score (nSPS) is 11.6. The molecular formula is C15H8ClNO. The van der Waals surface area contributed by atoms with E-state index in [0.717, 1.165) is 32.7 Å². The maximum atomic E-state index is 5.92. The van der Waals surface area contributed by atoms with Gasteiger partial charge in [-0.05, 0) is 23.6 Å². The number of nitrogens with zero attached hydrogens (tertiary/aromatic N) is 1. The smallest absolute Gasteiger partial charge is 0.144 e. The SMILES string of the molecule is Clc1cc2ccc3c4ccccc4oc3c2cn1. The number of furan rings is 1. The van der Waals surface area contributed by atoms with Gasteiger partial charge in [-0.15, -0.1) is 0 Å². The summed E-state index contributed by atoms with van der Waals surface area (Å²) in [7, 11) is 0.